The van der Waals surface area contributed by atoms with Gasteiger partial charge < -0.3 is 5.32 Å². The van der Waals surface area contributed by atoms with Gasteiger partial charge in [-0.05, 0) is 49.1 Å². The van der Waals surface area contributed by atoms with Crippen molar-refractivity contribution in [2.24, 2.45) is 5.92 Å². The summed E-state index contributed by atoms with van der Waals surface area (Å²) in [6, 6.07) is 8.82. The van der Waals surface area contributed by atoms with Gasteiger partial charge in [0.05, 0.1) is 16.8 Å². The van der Waals surface area contributed by atoms with Crippen LogP contribution in [0.15, 0.2) is 36.5 Å². The van der Waals surface area contributed by atoms with E-state index < -0.39 is 0 Å². The van der Waals surface area contributed by atoms with Gasteiger partial charge in [-0.1, -0.05) is 40.9 Å². The van der Waals surface area contributed by atoms with Crippen molar-refractivity contribution < 1.29 is 4.79 Å². The summed E-state index contributed by atoms with van der Waals surface area (Å²) in [7, 11) is 0. The second-order valence-corrected chi connectivity index (χ2v) is 7.03. The molecular weight excluding hydrogens is 355 g/mol. The van der Waals surface area contributed by atoms with Crippen molar-refractivity contribution in [3.63, 3.8) is 0 Å². The number of halogens is 3. The highest BCUT2D eigenvalue weighted by molar-refractivity contribution is 6.35. The molecule has 3 rings (SSSR count). The number of carbonyl (C=O) groups excluding carboxylic acids is 1. The molecule has 0 aliphatic heterocycles. The van der Waals surface area contributed by atoms with Gasteiger partial charge in [0.25, 0.3) is 0 Å². The van der Waals surface area contributed by atoms with E-state index in [0.29, 0.717) is 15.1 Å². The molecule has 3 atom stereocenters. The Bertz CT molecular complexity index is 733. The van der Waals surface area contributed by atoms with Crippen LogP contribution in [0.25, 0.3) is 0 Å². The van der Waals surface area contributed by atoms with Crippen LogP contribution in [0.4, 0.5) is 0 Å². The maximum Gasteiger partial charge on any atom is 0.224 e. The van der Waals surface area contributed by atoms with Crippen molar-refractivity contribution in [2.75, 3.05) is 0 Å². The molecule has 1 aromatic carbocycles. The van der Waals surface area contributed by atoms with E-state index in [1.807, 2.05) is 19.1 Å². The van der Waals surface area contributed by atoms with E-state index in [-0.39, 0.29) is 23.8 Å². The van der Waals surface area contributed by atoms with Crippen molar-refractivity contribution in [3.8, 4) is 0 Å². The third-order valence-electron chi connectivity index (χ3n) is 4.04. The van der Waals surface area contributed by atoms with Crippen LogP contribution in [0.2, 0.25) is 15.1 Å². The maximum absolute atomic E-state index is 12.4. The Kier molecular flexibility index (Phi) is 4.81. The van der Waals surface area contributed by atoms with E-state index in [2.05, 4.69) is 10.3 Å². The van der Waals surface area contributed by atoms with E-state index in [1.165, 1.54) is 0 Å². The largest absolute Gasteiger partial charge is 0.348 e. The van der Waals surface area contributed by atoms with Crippen LogP contribution in [0.3, 0.4) is 0 Å². The van der Waals surface area contributed by atoms with Crippen molar-refractivity contribution in [2.45, 2.75) is 25.3 Å². The molecule has 1 aromatic heterocycles. The van der Waals surface area contributed by atoms with Crippen LogP contribution in [-0.2, 0) is 4.79 Å². The van der Waals surface area contributed by atoms with Gasteiger partial charge in [-0.25, -0.2) is 0 Å². The quantitative estimate of drug-likeness (QED) is 0.822. The Morgan fingerprint density at radius 2 is 1.96 bits per heavy atom. The monoisotopic (exact) mass is 368 g/mol. The summed E-state index contributed by atoms with van der Waals surface area (Å²) in [5.41, 5.74) is 1.76. The van der Waals surface area contributed by atoms with Crippen LogP contribution in [-0.4, -0.2) is 10.9 Å². The molecule has 0 unspecified atom stereocenters. The van der Waals surface area contributed by atoms with Gasteiger partial charge in [-0.3, -0.25) is 9.78 Å². The van der Waals surface area contributed by atoms with Gasteiger partial charge in [0.15, 0.2) is 0 Å². The summed E-state index contributed by atoms with van der Waals surface area (Å²) in [6.45, 7) is 1.90. The number of nitrogens with one attached hydrogen (secondary N) is 1. The van der Waals surface area contributed by atoms with Gasteiger partial charge >= 0.3 is 0 Å². The van der Waals surface area contributed by atoms with Crippen LogP contribution in [0.1, 0.15) is 36.6 Å². The normalized spacial score (nSPS) is 20.9. The predicted octanol–water partition coefficient (Wildman–Crippen LogP) is 5.02. The van der Waals surface area contributed by atoms with Crippen molar-refractivity contribution in [1.29, 1.82) is 0 Å². The number of aromatic nitrogens is 1. The fourth-order valence-corrected chi connectivity index (χ4v) is 3.33. The average Bonchev–Trinajstić information content (AvgIpc) is 3.28. The second kappa shape index (κ2) is 6.68. The number of carbonyl (C=O) groups is 1. The fourth-order valence-electron chi connectivity index (χ4n) is 2.67. The van der Waals surface area contributed by atoms with Crippen molar-refractivity contribution in [3.05, 3.63) is 62.9 Å². The number of rotatable bonds is 4. The van der Waals surface area contributed by atoms with E-state index >= 15 is 0 Å². The maximum atomic E-state index is 12.4. The Hall–Kier alpha value is -1.29. The van der Waals surface area contributed by atoms with Crippen molar-refractivity contribution >= 4 is 40.7 Å². The first kappa shape index (κ1) is 16.6. The smallest absolute Gasteiger partial charge is 0.224 e. The van der Waals surface area contributed by atoms with Crippen LogP contribution in [0.5, 0.6) is 0 Å². The minimum absolute atomic E-state index is 0.0188. The molecule has 120 valence electrons. The highest BCUT2D eigenvalue weighted by Crippen LogP contribution is 2.50. The topological polar surface area (TPSA) is 42.0 Å². The van der Waals surface area contributed by atoms with Gasteiger partial charge in [-0.15, -0.1) is 0 Å². The number of hydrogen-bond acceptors (Lipinski definition) is 2. The SMILES string of the molecule is C[C@@H](NC(=O)[C@H]1C[C@@H]1c1ccc(Cl)cc1Cl)c1ccc(Cl)cn1. The molecule has 1 saturated carbocycles. The first-order valence-corrected chi connectivity index (χ1v) is 8.46. The minimum atomic E-state index is -0.165. The number of nitrogens with zero attached hydrogens (tertiary/aromatic N) is 1. The Labute approximate surface area is 150 Å². The highest BCUT2D eigenvalue weighted by atomic mass is 35.5. The highest BCUT2D eigenvalue weighted by Gasteiger charge is 2.45. The lowest BCUT2D eigenvalue weighted by Gasteiger charge is -2.13. The summed E-state index contributed by atoms with van der Waals surface area (Å²) in [4.78, 5) is 16.6. The zero-order valence-electron chi connectivity index (χ0n) is 12.4. The van der Waals surface area contributed by atoms with Crippen LogP contribution >= 0.6 is 34.8 Å². The second-order valence-electron chi connectivity index (χ2n) is 5.75. The summed E-state index contributed by atoms with van der Waals surface area (Å²) < 4.78 is 0. The third-order valence-corrected chi connectivity index (χ3v) is 4.83. The molecule has 0 spiro atoms. The zero-order chi connectivity index (χ0) is 16.6. The molecular formula is C17H15Cl3N2O. The molecule has 3 nitrogen and oxygen atoms in total. The average molecular weight is 370 g/mol. The van der Waals surface area contributed by atoms with Gasteiger partial charge in [0.1, 0.15) is 0 Å². The van der Waals surface area contributed by atoms with Gasteiger partial charge in [-0.2, -0.15) is 0 Å². The lowest BCUT2D eigenvalue weighted by Crippen LogP contribution is -2.28. The molecule has 1 amide bonds. The van der Waals surface area contributed by atoms with Crippen molar-refractivity contribution in [1.82, 2.24) is 10.3 Å². The first-order chi connectivity index (χ1) is 11.0. The predicted molar refractivity (Wildman–Crippen MR) is 93.1 cm³/mol. The summed E-state index contributed by atoms with van der Waals surface area (Å²) in [5, 5.41) is 4.79. The third kappa shape index (κ3) is 3.79. The fraction of sp³-hybridized carbons (Fsp3) is 0.294. The van der Waals surface area contributed by atoms with E-state index in [9.17, 15) is 4.79 Å². The Morgan fingerprint density at radius 1 is 1.22 bits per heavy atom. The first-order valence-electron chi connectivity index (χ1n) is 7.32. The molecule has 1 N–H and O–H groups in total. The lowest BCUT2D eigenvalue weighted by atomic mass is 10.1. The van der Waals surface area contributed by atoms with E-state index in [1.54, 1.807) is 24.4 Å². The molecule has 23 heavy (non-hydrogen) atoms. The standard InChI is InChI=1S/C17H15Cl3N2O/c1-9(16-5-3-11(19)8-21-16)22-17(23)14-7-13(14)12-4-2-10(18)6-15(12)20/h2-6,8-9,13-14H,7H2,1H3,(H,22,23)/t9-,13-,14+/m1/s1. The molecule has 0 bridgehead atoms. The Balaban J connectivity index is 1.63. The molecule has 6 heteroatoms. The summed E-state index contributed by atoms with van der Waals surface area (Å²) in [6.07, 6.45) is 2.38. The number of benzene rings is 1. The van der Waals surface area contributed by atoms with Crippen LogP contribution in [0, 0.1) is 5.92 Å². The van der Waals surface area contributed by atoms with Crippen LogP contribution < -0.4 is 5.32 Å². The summed E-state index contributed by atoms with van der Waals surface area (Å²) in [5.74, 6) is 0.124. The zero-order valence-corrected chi connectivity index (χ0v) is 14.7. The molecule has 1 fully saturated rings. The molecule has 2 aromatic rings. The molecule has 0 radical (unpaired) electrons. The van der Waals surface area contributed by atoms with Gasteiger partial charge in [0.2, 0.25) is 5.91 Å². The summed E-state index contributed by atoms with van der Waals surface area (Å²) >= 11 is 17.9. The molecule has 1 aliphatic rings. The molecule has 1 heterocycles. The number of hydrogen-bond donors (Lipinski definition) is 1. The molecule has 0 saturated heterocycles. The van der Waals surface area contributed by atoms with E-state index in [0.717, 1.165) is 17.7 Å². The minimum Gasteiger partial charge on any atom is -0.348 e. The molecule has 1 aliphatic carbocycles. The Morgan fingerprint density at radius 3 is 2.61 bits per heavy atom. The number of amides is 1. The lowest BCUT2D eigenvalue weighted by molar-refractivity contribution is -0.123. The van der Waals surface area contributed by atoms with Gasteiger partial charge in [0, 0.05) is 22.2 Å². The number of pyridine rings is 1. The van der Waals surface area contributed by atoms with E-state index in [4.69, 9.17) is 34.8 Å².